The van der Waals surface area contributed by atoms with Crippen LogP contribution in [0.5, 0.6) is 0 Å². The molecule has 20 heavy (non-hydrogen) atoms. The van der Waals surface area contributed by atoms with Gasteiger partial charge in [0.15, 0.2) is 0 Å². The third kappa shape index (κ3) is 2.63. The molecule has 0 atom stereocenters. The number of aryl methyl sites for hydroxylation is 2. The normalized spacial score (nSPS) is 11.1. The first-order valence-corrected chi connectivity index (χ1v) is 6.35. The number of hydrogen-bond acceptors (Lipinski definition) is 5. The van der Waals surface area contributed by atoms with Crippen molar-refractivity contribution in [2.75, 3.05) is 5.32 Å². The predicted molar refractivity (Wildman–Crippen MR) is 74.5 cm³/mol. The van der Waals surface area contributed by atoms with E-state index in [0.29, 0.717) is 18.1 Å². The number of rotatable bonds is 5. The SMILES string of the molecule is Cc1nn(C(C)C)c(NCc2cnn(C)c2)c1[N+](=O)[O-]. The summed E-state index contributed by atoms with van der Waals surface area (Å²) in [7, 11) is 1.83. The Morgan fingerprint density at radius 2 is 2.20 bits per heavy atom. The maximum atomic E-state index is 11.2. The Labute approximate surface area is 116 Å². The van der Waals surface area contributed by atoms with E-state index >= 15 is 0 Å². The van der Waals surface area contributed by atoms with Crippen molar-refractivity contribution in [1.82, 2.24) is 19.6 Å². The molecule has 2 rings (SSSR count). The second-order valence-corrected chi connectivity index (χ2v) is 4.95. The highest BCUT2D eigenvalue weighted by Crippen LogP contribution is 2.30. The van der Waals surface area contributed by atoms with Gasteiger partial charge in [-0.25, -0.2) is 4.68 Å². The Morgan fingerprint density at radius 3 is 2.70 bits per heavy atom. The molecule has 8 heteroatoms. The monoisotopic (exact) mass is 278 g/mol. The van der Waals surface area contributed by atoms with Crippen LogP contribution in [0.1, 0.15) is 31.1 Å². The Kier molecular flexibility index (Phi) is 3.73. The van der Waals surface area contributed by atoms with Crippen molar-refractivity contribution in [2.45, 2.75) is 33.4 Å². The van der Waals surface area contributed by atoms with Gasteiger partial charge in [0.25, 0.3) is 0 Å². The van der Waals surface area contributed by atoms with Gasteiger partial charge in [0, 0.05) is 31.4 Å². The minimum atomic E-state index is -0.396. The number of hydrogen-bond donors (Lipinski definition) is 1. The van der Waals surface area contributed by atoms with Gasteiger partial charge in [0.1, 0.15) is 5.69 Å². The highest BCUT2D eigenvalue weighted by Gasteiger charge is 2.26. The van der Waals surface area contributed by atoms with Crippen LogP contribution in [0.25, 0.3) is 0 Å². The quantitative estimate of drug-likeness (QED) is 0.667. The van der Waals surface area contributed by atoms with Crippen molar-refractivity contribution in [2.24, 2.45) is 7.05 Å². The van der Waals surface area contributed by atoms with Crippen LogP contribution in [0.4, 0.5) is 11.5 Å². The van der Waals surface area contributed by atoms with E-state index in [9.17, 15) is 10.1 Å². The molecule has 0 aromatic carbocycles. The molecule has 2 aromatic heterocycles. The summed E-state index contributed by atoms with van der Waals surface area (Å²) >= 11 is 0. The highest BCUT2D eigenvalue weighted by atomic mass is 16.6. The van der Waals surface area contributed by atoms with E-state index in [1.54, 1.807) is 22.5 Å². The minimum absolute atomic E-state index is 0.0302. The van der Waals surface area contributed by atoms with Crippen LogP contribution >= 0.6 is 0 Å². The fourth-order valence-electron chi connectivity index (χ4n) is 2.04. The minimum Gasteiger partial charge on any atom is -0.360 e. The summed E-state index contributed by atoms with van der Waals surface area (Å²) in [6.07, 6.45) is 3.59. The lowest BCUT2D eigenvalue weighted by molar-refractivity contribution is -0.384. The first-order chi connectivity index (χ1) is 9.40. The van der Waals surface area contributed by atoms with Gasteiger partial charge < -0.3 is 5.32 Å². The van der Waals surface area contributed by atoms with Crippen LogP contribution in [-0.2, 0) is 13.6 Å². The largest absolute Gasteiger partial charge is 0.360 e. The Bertz CT molecular complexity index is 628. The topological polar surface area (TPSA) is 90.8 Å². The molecular formula is C12H18N6O2. The van der Waals surface area contributed by atoms with E-state index in [1.165, 1.54) is 0 Å². The summed E-state index contributed by atoms with van der Waals surface area (Å²) in [5.74, 6) is 0.436. The standard InChI is InChI=1S/C12H18N6O2/c1-8(2)17-12(11(18(19)20)9(3)15-17)13-5-10-6-14-16(4)7-10/h6-8,13H,5H2,1-4H3. The fourth-order valence-corrected chi connectivity index (χ4v) is 2.04. The molecule has 0 aliphatic rings. The van der Waals surface area contributed by atoms with Crippen LogP contribution in [0.3, 0.4) is 0 Å². The van der Waals surface area contributed by atoms with E-state index in [0.717, 1.165) is 5.56 Å². The number of nitro groups is 1. The van der Waals surface area contributed by atoms with Crippen molar-refractivity contribution in [3.63, 3.8) is 0 Å². The van der Waals surface area contributed by atoms with E-state index in [2.05, 4.69) is 15.5 Å². The molecule has 0 saturated heterocycles. The molecule has 2 aromatic rings. The Morgan fingerprint density at radius 1 is 1.50 bits per heavy atom. The van der Waals surface area contributed by atoms with Crippen molar-refractivity contribution in [3.05, 3.63) is 33.8 Å². The van der Waals surface area contributed by atoms with Crippen LogP contribution in [0.15, 0.2) is 12.4 Å². The lowest BCUT2D eigenvalue weighted by Crippen LogP contribution is -2.10. The highest BCUT2D eigenvalue weighted by molar-refractivity contribution is 5.59. The lowest BCUT2D eigenvalue weighted by Gasteiger charge is -2.11. The van der Waals surface area contributed by atoms with Gasteiger partial charge in [-0.3, -0.25) is 14.8 Å². The molecule has 0 radical (unpaired) electrons. The summed E-state index contributed by atoms with van der Waals surface area (Å²) in [6, 6.07) is 0.0406. The third-order valence-electron chi connectivity index (χ3n) is 2.94. The zero-order valence-electron chi connectivity index (χ0n) is 12.0. The van der Waals surface area contributed by atoms with E-state index in [4.69, 9.17) is 0 Å². The molecule has 0 amide bonds. The Balaban J connectivity index is 2.31. The van der Waals surface area contributed by atoms with Gasteiger partial charge >= 0.3 is 5.69 Å². The average Bonchev–Trinajstić information content (AvgIpc) is 2.90. The zero-order valence-corrected chi connectivity index (χ0v) is 12.0. The summed E-state index contributed by atoms with van der Waals surface area (Å²) in [5, 5.41) is 22.6. The van der Waals surface area contributed by atoms with E-state index in [-0.39, 0.29) is 11.7 Å². The van der Waals surface area contributed by atoms with Gasteiger partial charge in [0.05, 0.1) is 11.1 Å². The van der Waals surface area contributed by atoms with Crippen molar-refractivity contribution in [1.29, 1.82) is 0 Å². The van der Waals surface area contributed by atoms with Crippen molar-refractivity contribution < 1.29 is 4.92 Å². The van der Waals surface area contributed by atoms with E-state index in [1.807, 2.05) is 27.1 Å². The molecule has 0 saturated carbocycles. The summed E-state index contributed by atoms with van der Waals surface area (Å²) in [5.41, 5.74) is 1.40. The second kappa shape index (κ2) is 5.32. The molecule has 0 unspecified atom stereocenters. The average molecular weight is 278 g/mol. The molecule has 0 aliphatic heterocycles. The maximum absolute atomic E-state index is 11.2. The molecule has 0 fully saturated rings. The molecule has 0 spiro atoms. The zero-order chi connectivity index (χ0) is 14.9. The third-order valence-corrected chi connectivity index (χ3v) is 2.94. The second-order valence-electron chi connectivity index (χ2n) is 4.95. The number of aromatic nitrogens is 4. The summed E-state index contributed by atoms with van der Waals surface area (Å²) in [4.78, 5) is 10.8. The maximum Gasteiger partial charge on any atom is 0.333 e. The molecular weight excluding hydrogens is 260 g/mol. The van der Waals surface area contributed by atoms with Crippen LogP contribution in [0, 0.1) is 17.0 Å². The van der Waals surface area contributed by atoms with E-state index < -0.39 is 4.92 Å². The van der Waals surface area contributed by atoms with Gasteiger partial charge in [-0.05, 0) is 20.8 Å². The first-order valence-electron chi connectivity index (χ1n) is 6.35. The molecule has 0 aliphatic carbocycles. The first kappa shape index (κ1) is 14.0. The summed E-state index contributed by atoms with van der Waals surface area (Å²) < 4.78 is 3.33. The number of nitrogens with zero attached hydrogens (tertiary/aromatic N) is 5. The predicted octanol–water partition coefficient (Wildman–Crippen LogP) is 2.03. The van der Waals surface area contributed by atoms with Gasteiger partial charge in [-0.1, -0.05) is 0 Å². The van der Waals surface area contributed by atoms with Crippen LogP contribution in [0.2, 0.25) is 0 Å². The smallest absolute Gasteiger partial charge is 0.333 e. The molecule has 2 heterocycles. The molecule has 108 valence electrons. The Hall–Kier alpha value is -2.38. The van der Waals surface area contributed by atoms with Gasteiger partial charge in [-0.2, -0.15) is 10.2 Å². The molecule has 1 N–H and O–H groups in total. The van der Waals surface area contributed by atoms with Gasteiger partial charge in [-0.15, -0.1) is 0 Å². The molecule has 0 bridgehead atoms. The van der Waals surface area contributed by atoms with Crippen LogP contribution < -0.4 is 5.32 Å². The lowest BCUT2D eigenvalue weighted by atomic mass is 10.3. The van der Waals surface area contributed by atoms with Gasteiger partial charge in [0.2, 0.25) is 5.82 Å². The number of nitrogens with one attached hydrogen (secondary N) is 1. The van der Waals surface area contributed by atoms with Crippen LogP contribution in [-0.4, -0.2) is 24.5 Å². The fraction of sp³-hybridized carbons (Fsp3) is 0.500. The van der Waals surface area contributed by atoms with Crippen molar-refractivity contribution in [3.8, 4) is 0 Å². The van der Waals surface area contributed by atoms with Crippen molar-refractivity contribution >= 4 is 11.5 Å². The summed E-state index contributed by atoms with van der Waals surface area (Å²) in [6.45, 7) is 5.98. The number of anilines is 1. The molecule has 8 nitrogen and oxygen atoms in total.